The Hall–Kier alpha value is -1.34. The Bertz CT molecular complexity index is 580. The first kappa shape index (κ1) is 14.1. The van der Waals surface area contributed by atoms with Crippen LogP contribution in [-0.4, -0.2) is 26.8 Å². The summed E-state index contributed by atoms with van der Waals surface area (Å²) in [6.07, 6.45) is 1.70. The average Bonchev–Trinajstić information content (AvgIpc) is 2.70. The van der Waals surface area contributed by atoms with Gasteiger partial charge in [-0.2, -0.15) is 5.10 Å². The van der Waals surface area contributed by atoms with Crippen molar-refractivity contribution in [1.82, 2.24) is 15.2 Å². The largest absolute Gasteiger partial charge is 0.322 e. The van der Waals surface area contributed by atoms with Crippen LogP contribution in [0.25, 0.3) is 0 Å². The number of H-pyrrole nitrogens is 1. The zero-order valence-electron chi connectivity index (χ0n) is 10.5. The van der Waals surface area contributed by atoms with Crippen LogP contribution in [0, 0.1) is 13.8 Å². The molecule has 0 radical (unpaired) electrons. The number of amides is 1. The van der Waals surface area contributed by atoms with E-state index in [0.29, 0.717) is 5.75 Å². The zero-order valence-corrected chi connectivity index (χ0v) is 12.9. The van der Waals surface area contributed by atoms with Crippen molar-refractivity contribution < 1.29 is 4.79 Å². The van der Waals surface area contributed by atoms with Crippen molar-refractivity contribution >= 4 is 39.3 Å². The third-order valence-corrected chi connectivity index (χ3v) is 4.36. The quantitative estimate of drug-likeness (QED) is 0.839. The molecule has 0 aliphatic heterocycles. The average molecular weight is 341 g/mol. The number of pyridine rings is 1. The van der Waals surface area contributed by atoms with Gasteiger partial charge in [-0.25, -0.2) is 4.98 Å². The maximum atomic E-state index is 11.9. The van der Waals surface area contributed by atoms with E-state index in [4.69, 9.17) is 0 Å². The zero-order chi connectivity index (χ0) is 13.8. The number of hydrogen-bond donors (Lipinski definition) is 2. The van der Waals surface area contributed by atoms with Gasteiger partial charge in [-0.05, 0) is 41.9 Å². The molecule has 2 heterocycles. The molecule has 100 valence electrons. The molecule has 2 aromatic heterocycles. The van der Waals surface area contributed by atoms with E-state index in [2.05, 4.69) is 36.4 Å². The predicted octanol–water partition coefficient (Wildman–Crippen LogP) is 2.91. The molecule has 2 rings (SSSR count). The van der Waals surface area contributed by atoms with E-state index >= 15 is 0 Å². The topological polar surface area (TPSA) is 70.7 Å². The highest BCUT2D eigenvalue weighted by Crippen LogP contribution is 2.25. The van der Waals surface area contributed by atoms with Crippen LogP contribution < -0.4 is 5.32 Å². The fraction of sp³-hybridized carbons (Fsp3) is 0.250. The molecule has 2 aromatic rings. The monoisotopic (exact) mass is 340 g/mol. The minimum absolute atomic E-state index is 0.0739. The number of hydrogen-bond acceptors (Lipinski definition) is 4. The number of nitrogens with one attached hydrogen (secondary N) is 2. The van der Waals surface area contributed by atoms with Gasteiger partial charge in [0.05, 0.1) is 22.8 Å². The Balaban J connectivity index is 1.94. The van der Waals surface area contributed by atoms with Gasteiger partial charge >= 0.3 is 0 Å². The molecule has 0 aromatic carbocycles. The number of aromatic nitrogens is 3. The summed E-state index contributed by atoms with van der Waals surface area (Å²) < 4.78 is 0.892. The number of carbonyl (C=O) groups is 1. The number of halogens is 1. The Labute approximate surface area is 123 Å². The normalized spacial score (nSPS) is 10.5. The van der Waals surface area contributed by atoms with Crippen LogP contribution >= 0.6 is 27.7 Å². The van der Waals surface area contributed by atoms with E-state index in [9.17, 15) is 4.79 Å². The number of anilines is 1. The molecule has 0 bridgehead atoms. The van der Waals surface area contributed by atoms with Gasteiger partial charge in [0, 0.05) is 10.7 Å². The summed E-state index contributed by atoms with van der Waals surface area (Å²) in [6.45, 7) is 3.72. The van der Waals surface area contributed by atoms with E-state index < -0.39 is 0 Å². The lowest BCUT2D eigenvalue weighted by Crippen LogP contribution is -2.15. The van der Waals surface area contributed by atoms with Crippen molar-refractivity contribution in [3.63, 3.8) is 0 Å². The van der Waals surface area contributed by atoms with Gasteiger partial charge < -0.3 is 5.32 Å². The molecule has 7 heteroatoms. The lowest BCUT2D eigenvalue weighted by Gasteiger charge is -2.05. The minimum atomic E-state index is -0.0739. The maximum Gasteiger partial charge on any atom is 0.234 e. The van der Waals surface area contributed by atoms with Gasteiger partial charge in [0.2, 0.25) is 5.91 Å². The van der Waals surface area contributed by atoms with Crippen molar-refractivity contribution in [2.24, 2.45) is 0 Å². The first-order valence-electron chi connectivity index (χ1n) is 5.62. The van der Waals surface area contributed by atoms with E-state index in [0.717, 1.165) is 26.6 Å². The minimum Gasteiger partial charge on any atom is -0.322 e. The molecular weight excluding hydrogens is 328 g/mol. The van der Waals surface area contributed by atoms with Crippen molar-refractivity contribution in [1.29, 1.82) is 0 Å². The maximum absolute atomic E-state index is 11.9. The summed E-state index contributed by atoms with van der Waals surface area (Å²) in [6, 6.07) is 3.74. The lowest BCUT2D eigenvalue weighted by molar-refractivity contribution is -0.113. The lowest BCUT2D eigenvalue weighted by atomic mass is 10.3. The van der Waals surface area contributed by atoms with E-state index in [1.807, 2.05) is 26.0 Å². The summed E-state index contributed by atoms with van der Waals surface area (Å²) in [5, 5.41) is 10.5. The Morgan fingerprint density at radius 3 is 2.95 bits per heavy atom. The molecule has 0 unspecified atom stereocenters. The summed E-state index contributed by atoms with van der Waals surface area (Å²) in [7, 11) is 0. The van der Waals surface area contributed by atoms with Crippen LogP contribution in [0.2, 0.25) is 0 Å². The third kappa shape index (κ3) is 3.57. The number of nitrogens with zero attached hydrogens (tertiary/aromatic N) is 2. The summed E-state index contributed by atoms with van der Waals surface area (Å²) in [5.41, 5.74) is 2.40. The van der Waals surface area contributed by atoms with Crippen molar-refractivity contribution in [3.8, 4) is 0 Å². The van der Waals surface area contributed by atoms with Crippen molar-refractivity contribution in [2.75, 3.05) is 11.1 Å². The molecule has 5 nitrogen and oxygen atoms in total. The van der Waals surface area contributed by atoms with Gasteiger partial charge in [0.1, 0.15) is 5.03 Å². The van der Waals surface area contributed by atoms with Crippen LogP contribution in [0.1, 0.15) is 11.4 Å². The van der Waals surface area contributed by atoms with E-state index in [-0.39, 0.29) is 5.91 Å². The van der Waals surface area contributed by atoms with E-state index in [1.54, 1.807) is 6.20 Å². The fourth-order valence-electron chi connectivity index (χ4n) is 1.52. The van der Waals surface area contributed by atoms with Crippen LogP contribution in [0.3, 0.4) is 0 Å². The highest BCUT2D eigenvalue weighted by atomic mass is 79.9. The van der Waals surface area contributed by atoms with Gasteiger partial charge in [-0.1, -0.05) is 11.8 Å². The molecule has 2 N–H and O–H groups in total. The second kappa shape index (κ2) is 6.21. The Morgan fingerprint density at radius 2 is 2.32 bits per heavy atom. The van der Waals surface area contributed by atoms with Gasteiger partial charge in [0.15, 0.2) is 0 Å². The number of carbonyl (C=O) groups excluding carboxylic acids is 1. The highest BCUT2D eigenvalue weighted by Gasteiger charge is 2.11. The van der Waals surface area contributed by atoms with Crippen LogP contribution in [0.15, 0.2) is 27.8 Å². The van der Waals surface area contributed by atoms with E-state index in [1.165, 1.54) is 11.8 Å². The second-order valence-corrected chi connectivity index (χ2v) is 5.75. The molecular formula is C12H13BrN4OS. The molecule has 0 atom stereocenters. The first-order valence-corrected chi connectivity index (χ1v) is 7.40. The highest BCUT2D eigenvalue weighted by molar-refractivity contribution is 9.10. The first-order chi connectivity index (χ1) is 9.08. The number of thioether (sulfide) groups is 1. The summed E-state index contributed by atoms with van der Waals surface area (Å²) >= 11 is 4.79. The van der Waals surface area contributed by atoms with Crippen LogP contribution in [-0.2, 0) is 4.79 Å². The fourth-order valence-corrected chi connectivity index (χ4v) is 2.80. The molecule has 0 fully saturated rings. The summed E-state index contributed by atoms with van der Waals surface area (Å²) in [4.78, 5) is 16.1. The molecule has 19 heavy (non-hydrogen) atoms. The number of rotatable bonds is 4. The second-order valence-electron chi connectivity index (χ2n) is 3.94. The smallest absolute Gasteiger partial charge is 0.234 e. The van der Waals surface area contributed by atoms with Crippen LogP contribution in [0.5, 0.6) is 0 Å². The van der Waals surface area contributed by atoms with Crippen molar-refractivity contribution in [3.05, 3.63) is 34.2 Å². The molecule has 0 saturated carbocycles. The van der Waals surface area contributed by atoms with Crippen molar-refractivity contribution in [2.45, 2.75) is 18.9 Å². The van der Waals surface area contributed by atoms with Crippen LogP contribution in [0.4, 0.5) is 5.69 Å². The Kier molecular flexibility index (Phi) is 4.60. The molecule has 0 aliphatic rings. The molecule has 0 saturated heterocycles. The molecule has 0 spiro atoms. The molecule has 1 amide bonds. The standard InChI is InChI=1S/C12H13BrN4OS/c1-7-11(8(2)17-16-7)15-10(18)6-19-12-9(13)4-3-5-14-12/h3-5H,6H2,1-2H3,(H,15,18)(H,16,17). The van der Waals surface area contributed by atoms with Gasteiger partial charge in [-0.15, -0.1) is 0 Å². The number of aromatic amines is 1. The predicted molar refractivity (Wildman–Crippen MR) is 79.4 cm³/mol. The third-order valence-electron chi connectivity index (χ3n) is 2.46. The van der Waals surface area contributed by atoms with Gasteiger partial charge in [-0.3, -0.25) is 9.89 Å². The Morgan fingerprint density at radius 1 is 1.53 bits per heavy atom. The SMILES string of the molecule is Cc1n[nH]c(C)c1NC(=O)CSc1ncccc1Br. The molecule has 0 aliphatic carbocycles. The summed E-state index contributed by atoms with van der Waals surface area (Å²) in [5.74, 6) is 0.231. The number of aryl methyl sites for hydroxylation is 2. The van der Waals surface area contributed by atoms with Gasteiger partial charge in [0.25, 0.3) is 0 Å².